The van der Waals surface area contributed by atoms with E-state index in [2.05, 4.69) is 10.6 Å². The van der Waals surface area contributed by atoms with Crippen molar-refractivity contribution in [2.45, 2.75) is 44.9 Å². The van der Waals surface area contributed by atoms with Crippen molar-refractivity contribution >= 4 is 11.6 Å². The fourth-order valence-electron chi connectivity index (χ4n) is 3.20. The van der Waals surface area contributed by atoms with Crippen molar-refractivity contribution in [2.24, 2.45) is 0 Å². The number of para-hydroxylation sites is 2. The highest BCUT2D eigenvalue weighted by Crippen LogP contribution is 2.29. The van der Waals surface area contributed by atoms with E-state index in [1.54, 1.807) is 31.2 Å². The quantitative estimate of drug-likeness (QED) is 0.729. The molecule has 0 saturated carbocycles. The molecule has 144 valence electrons. The van der Waals surface area contributed by atoms with Gasteiger partial charge in [-0.2, -0.15) is 0 Å². The molecule has 0 aromatic heterocycles. The Bertz CT molecular complexity index is 838. The van der Waals surface area contributed by atoms with Crippen LogP contribution in [0.5, 0.6) is 5.75 Å². The second-order valence-corrected chi connectivity index (χ2v) is 7.62. The summed E-state index contributed by atoms with van der Waals surface area (Å²) < 4.78 is 19.1. The second-order valence-electron chi connectivity index (χ2n) is 7.62. The third-order valence-corrected chi connectivity index (χ3v) is 4.66. The molecule has 1 aliphatic rings. The highest BCUT2D eigenvalue weighted by Gasteiger charge is 2.34. The Hall–Kier alpha value is -2.44. The van der Waals surface area contributed by atoms with Gasteiger partial charge in [-0.15, -0.1) is 0 Å². The summed E-state index contributed by atoms with van der Waals surface area (Å²) in [4.78, 5) is 12.2. The number of rotatable bonds is 6. The van der Waals surface area contributed by atoms with Crippen LogP contribution in [0.25, 0.3) is 0 Å². The molecule has 27 heavy (non-hydrogen) atoms. The highest BCUT2D eigenvalue weighted by atomic mass is 19.1. The van der Waals surface area contributed by atoms with Crippen molar-refractivity contribution in [1.29, 1.82) is 0 Å². The second kappa shape index (κ2) is 7.66. The summed E-state index contributed by atoms with van der Waals surface area (Å²) in [6.45, 7) is 5.92. The molecular formula is C21H25FN2O3. The van der Waals surface area contributed by atoms with Gasteiger partial charge in [0.15, 0.2) is 0 Å². The van der Waals surface area contributed by atoms with E-state index in [-0.39, 0.29) is 23.8 Å². The van der Waals surface area contributed by atoms with Gasteiger partial charge in [-0.05, 0) is 56.5 Å². The smallest absolute Gasteiger partial charge is 0.268 e. The molecule has 0 fully saturated rings. The molecular weight excluding hydrogens is 347 g/mol. The number of ether oxygens (including phenoxy) is 1. The lowest BCUT2D eigenvalue weighted by Crippen LogP contribution is -2.53. The lowest BCUT2D eigenvalue weighted by Gasteiger charge is -2.32. The lowest BCUT2D eigenvalue weighted by atomic mass is 9.93. The monoisotopic (exact) mass is 372 g/mol. The molecule has 0 aliphatic carbocycles. The molecule has 2 aromatic rings. The third-order valence-electron chi connectivity index (χ3n) is 4.66. The fourth-order valence-corrected chi connectivity index (χ4v) is 3.20. The standard InChI is InChI=1S/C21H25FN2O3/c1-13-10-14(8-9-15(13)22)11-21(2,3)23-12-17(25)19-20(26)24-16-6-4-5-7-18(16)27-19/h4-10,17,19,23,25H,11-12H2,1-3H3,(H,24,26). The Balaban J connectivity index is 1.60. The average molecular weight is 372 g/mol. The number of aryl methyl sites for hydroxylation is 1. The van der Waals surface area contributed by atoms with Crippen LogP contribution in [0.3, 0.4) is 0 Å². The number of fused-ring (bicyclic) bond motifs is 1. The zero-order chi connectivity index (χ0) is 19.6. The van der Waals surface area contributed by atoms with Gasteiger partial charge >= 0.3 is 0 Å². The van der Waals surface area contributed by atoms with Crippen molar-refractivity contribution in [3.63, 3.8) is 0 Å². The molecule has 0 radical (unpaired) electrons. The highest BCUT2D eigenvalue weighted by molar-refractivity contribution is 5.98. The molecule has 2 atom stereocenters. The molecule has 1 aliphatic heterocycles. The van der Waals surface area contributed by atoms with E-state index in [9.17, 15) is 14.3 Å². The summed E-state index contributed by atoms with van der Waals surface area (Å²) in [5, 5.41) is 16.5. The van der Waals surface area contributed by atoms with Crippen molar-refractivity contribution in [1.82, 2.24) is 5.32 Å². The first kappa shape index (κ1) is 19.3. The molecule has 3 rings (SSSR count). The lowest BCUT2D eigenvalue weighted by molar-refractivity contribution is -0.128. The van der Waals surface area contributed by atoms with Gasteiger partial charge in [-0.1, -0.05) is 24.3 Å². The number of amides is 1. The molecule has 1 heterocycles. The molecule has 1 amide bonds. The number of benzene rings is 2. The summed E-state index contributed by atoms with van der Waals surface area (Å²) >= 11 is 0. The number of halogens is 1. The predicted octanol–water partition coefficient (Wildman–Crippen LogP) is 2.81. The minimum Gasteiger partial charge on any atom is -0.476 e. The molecule has 6 heteroatoms. The minimum absolute atomic E-state index is 0.188. The summed E-state index contributed by atoms with van der Waals surface area (Å²) in [6, 6.07) is 12.2. The Kier molecular flexibility index (Phi) is 5.48. The summed E-state index contributed by atoms with van der Waals surface area (Å²) in [7, 11) is 0. The Morgan fingerprint density at radius 2 is 2.04 bits per heavy atom. The van der Waals surface area contributed by atoms with E-state index in [0.717, 1.165) is 5.56 Å². The number of carbonyl (C=O) groups excluding carboxylic acids is 1. The predicted molar refractivity (Wildman–Crippen MR) is 102 cm³/mol. The fraction of sp³-hybridized carbons (Fsp3) is 0.381. The maximum Gasteiger partial charge on any atom is 0.268 e. The van der Waals surface area contributed by atoms with E-state index in [0.29, 0.717) is 23.4 Å². The van der Waals surface area contributed by atoms with Crippen LogP contribution in [0.15, 0.2) is 42.5 Å². The van der Waals surface area contributed by atoms with Gasteiger partial charge in [0.1, 0.15) is 17.7 Å². The largest absolute Gasteiger partial charge is 0.476 e. The Labute approximate surface area is 158 Å². The van der Waals surface area contributed by atoms with E-state index >= 15 is 0 Å². The number of β-amino-alcohol motifs (C(OH)–C–C–N with tert-alkyl or cyclic N) is 1. The molecule has 0 bridgehead atoms. The number of hydrogen-bond donors (Lipinski definition) is 3. The Morgan fingerprint density at radius 1 is 1.30 bits per heavy atom. The number of anilines is 1. The summed E-state index contributed by atoms with van der Waals surface area (Å²) in [5.74, 6) is -0.0437. The maximum atomic E-state index is 13.4. The van der Waals surface area contributed by atoms with Gasteiger partial charge in [0.05, 0.1) is 5.69 Å². The van der Waals surface area contributed by atoms with Gasteiger partial charge in [0.25, 0.3) is 5.91 Å². The molecule has 2 aromatic carbocycles. The van der Waals surface area contributed by atoms with Gasteiger partial charge in [0, 0.05) is 12.1 Å². The summed E-state index contributed by atoms with van der Waals surface area (Å²) in [6.07, 6.45) is -1.33. The van der Waals surface area contributed by atoms with Crippen LogP contribution in [0.2, 0.25) is 0 Å². The molecule has 3 N–H and O–H groups in total. The van der Waals surface area contributed by atoms with Crippen molar-refractivity contribution in [3.05, 3.63) is 59.4 Å². The zero-order valence-corrected chi connectivity index (χ0v) is 15.8. The molecule has 2 unspecified atom stereocenters. The van der Waals surface area contributed by atoms with Gasteiger partial charge in [-0.3, -0.25) is 4.79 Å². The minimum atomic E-state index is -1.01. The normalized spacial score (nSPS) is 17.7. The van der Waals surface area contributed by atoms with Crippen LogP contribution in [-0.2, 0) is 11.2 Å². The van der Waals surface area contributed by atoms with Crippen LogP contribution in [0, 0.1) is 12.7 Å². The van der Waals surface area contributed by atoms with Gasteiger partial charge in [0.2, 0.25) is 6.10 Å². The zero-order valence-electron chi connectivity index (χ0n) is 15.8. The average Bonchev–Trinajstić information content (AvgIpc) is 2.62. The van der Waals surface area contributed by atoms with Crippen LogP contribution >= 0.6 is 0 Å². The SMILES string of the molecule is Cc1cc(CC(C)(C)NCC(O)C2Oc3ccccc3NC2=O)ccc1F. The van der Waals surface area contributed by atoms with Crippen LogP contribution in [0.1, 0.15) is 25.0 Å². The van der Waals surface area contributed by atoms with Crippen LogP contribution in [0.4, 0.5) is 10.1 Å². The van der Waals surface area contributed by atoms with E-state index in [4.69, 9.17) is 4.74 Å². The van der Waals surface area contributed by atoms with Crippen molar-refractivity contribution < 1.29 is 19.0 Å². The topological polar surface area (TPSA) is 70.6 Å². The first-order valence-corrected chi connectivity index (χ1v) is 9.00. The molecule has 0 saturated heterocycles. The summed E-state index contributed by atoms with van der Waals surface area (Å²) in [5.41, 5.74) is 1.86. The van der Waals surface area contributed by atoms with E-state index in [1.165, 1.54) is 6.07 Å². The van der Waals surface area contributed by atoms with E-state index < -0.39 is 12.2 Å². The van der Waals surface area contributed by atoms with Gasteiger partial charge < -0.3 is 20.5 Å². The van der Waals surface area contributed by atoms with Gasteiger partial charge in [-0.25, -0.2) is 4.39 Å². The number of aliphatic hydroxyl groups is 1. The molecule has 5 nitrogen and oxygen atoms in total. The van der Waals surface area contributed by atoms with Crippen LogP contribution < -0.4 is 15.4 Å². The Morgan fingerprint density at radius 3 is 2.78 bits per heavy atom. The number of hydrogen-bond acceptors (Lipinski definition) is 4. The van der Waals surface area contributed by atoms with Crippen molar-refractivity contribution in [3.8, 4) is 5.75 Å². The van der Waals surface area contributed by atoms with E-state index in [1.807, 2.05) is 26.0 Å². The third kappa shape index (κ3) is 4.64. The first-order valence-electron chi connectivity index (χ1n) is 9.00. The molecule has 0 spiro atoms. The van der Waals surface area contributed by atoms with Crippen molar-refractivity contribution in [2.75, 3.05) is 11.9 Å². The first-order chi connectivity index (χ1) is 12.7. The van der Waals surface area contributed by atoms with Crippen LogP contribution in [-0.4, -0.2) is 35.3 Å². The maximum absolute atomic E-state index is 13.4. The number of aliphatic hydroxyl groups excluding tert-OH is 1. The number of carbonyl (C=O) groups is 1. The number of nitrogens with one attached hydrogen (secondary N) is 2.